The highest BCUT2D eigenvalue weighted by Gasteiger charge is 2.18. The van der Waals surface area contributed by atoms with Crippen molar-refractivity contribution in [3.63, 3.8) is 0 Å². The molecular weight excluding hydrogens is 318 g/mol. The van der Waals surface area contributed by atoms with Crippen molar-refractivity contribution in [1.29, 1.82) is 0 Å². The highest BCUT2D eigenvalue weighted by molar-refractivity contribution is 5.96. The maximum atomic E-state index is 11.9. The van der Waals surface area contributed by atoms with E-state index in [1.165, 1.54) is 12.8 Å². The number of hydrogen-bond donors (Lipinski definition) is 3. The Morgan fingerprint density at radius 1 is 1.04 bits per heavy atom. The summed E-state index contributed by atoms with van der Waals surface area (Å²) in [4.78, 5) is 23.7. The average Bonchev–Trinajstić information content (AvgIpc) is 3.27. The molecule has 1 aromatic carbocycles. The van der Waals surface area contributed by atoms with Crippen molar-refractivity contribution in [3.8, 4) is 5.75 Å². The molecular formula is C19H27N3O3. The Balaban J connectivity index is 1.41. The molecule has 0 radical (unpaired) electrons. The lowest BCUT2D eigenvalue weighted by atomic mass is 10.2. The van der Waals surface area contributed by atoms with Gasteiger partial charge < -0.3 is 15.4 Å². The van der Waals surface area contributed by atoms with Gasteiger partial charge in [-0.25, -0.2) is 4.79 Å². The van der Waals surface area contributed by atoms with Crippen molar-refractivity contribution < 1.29 is 14.3 Å². The van der Waals surface area contributed by atoms with E-state index in [1.807, 2.05) is 24.3 Å². The summed E-state index contributed by atoms with van der Waals surface area (Å²) < 4.78 is 5.96. The van der Waals surface area contributed by atoms with Gasteiger partial charge in [-0.05, 0) is 50.7 Å². The van der Waals surface area contributed by atoms with E-state index in [1.54, 1.807) is 0 Å². The molecule has 0 atom stereocenters. The van der Waals surface area contributed by atoms with Gasteiger partial charge in [-0.15, -0.1) is 0 Å². The molecule has 0 aliphatic heterocycles. The molecule has 0 saturated heterocycles. The Kier molecular flexibility index (Phi) is 6.14. The number of nitrogens with one attached hydrogen (secondary N) is 3. The van der Waals surface area contributed by atoms with Crippen molar-refractivity contribution in [2.45, 2.75) is 63.5 Å². The first-order valence-corrected chi connectivity index (χ1v) is 9.30. The molecule has 1 aromatic rings. The molecule has 6 nitrogen and oxygen atoms in total. The Morgan fingerprint density at radius 3 is 2.52 bits per heavy atom. The Labute approximate surface area is 148 Å². The summed E-state index contributed by atoms with van der Waals surface area (Å²) in [7, 11) is 0. The third kappa shape index (κ3) is 5.66. The number of urea groups is 1. The monoisotopic (exact) mass is 345 g/mol. The minimum absolute atomic E-state index is 0.0466. The van der Waals surface area contributed by atoms with Crippen molar-refractivity contribution >= 4 is 17.6 Å². The van der Waals surface area contributed by atoms with E-state index in [4.69, 9.17) is 4.74 Å². The van der Waals surface area contributed by atoms with E-state index in [-0.39, 0.29) is 18.5 Å². The molecule has 0 aromatic heterocycles. The molecule has 2 aliphatic carbocycles. The van der Waals surface area contributed by atoms with Gasteiger partial charge in [0, 0.05) is 17.8 Å². The normalized spacial score (nSPS) is 18.1. The van der Waals surface area contributed by atoms with Gasteiger partial charge >= 0.3 is 6.03 Å². The highest BCUT2D eigenvalue weighted by atomic mass is 16.5. The zero-order valence-corrected chi connectivity index (χ0v) is 14.6. The Morgan fingerprint density at radius 2 is 1.76 bits per heavy atom. The predicted octanol–water partition coefficient (Wildman–Crippen LogP) is 3.19. The van der Waals surface area contributed by atoms with Crippen LogP contribution in [-0.4, -0.2) is 30.6 Å². The van der Waals surface area contributed by atoms with E-state index in [0.29, 0.717) is 6.10 Å². The van der Waals surface area contributed by atoms with Crippen LogP contribution in [0.4, 0.5) is 10.5 Å². The summed E-state index contributed by atoms with van der Waals surface area (Å²) in [6, 6.07) is 7.40. The van der Waals surface area contributed by atoms with Crippen LogP contribution in [0.25, 0.3) is 0 Å². The van der Waals surface area contributed by atoms with Gasteiger partial charge in [-0.2, -0.15) is 0 Å². The van der Waals surface area contributed by atoms with Crippen LogP contribution in [0.15, 0.2) is 24.3 Å². The summed E-state index contributed by atoms with van der Waals surface area (Å²) in [6.07, 6.45) is 9.24. The summed E-state index contributed by atoms with van der Waals surface area (Å²) >= 11 is 0. The lowest BCUT2D eigenvalue weighted by Gasteiger charge is -2.15. The van der Waals surface area contributed by atoms with Crippen molar-refractivity contribution in [1.82, 2.24) is 10.6 Å². The van der Waals surface area contributed by atoms with Crippen molar-refractivity contribution in [2.75, 3.05) is 11.9 Å². The van der Waals surface area contributed by atoms with Crippen LogP contribution in [0.3, 0.4) is 0 Å². The molecule has 6 heteroatoms. The first-order valence-electron chi connectivity index (χ1n) is 9.30. The zero-order valence-electron chi connectivity index (χ0n) is 14.6. The summed E-state index contributed by atoms with van der Waals surface area (Å²) in [6.45, 7) is 0.0466. The number of amides is 3. The Bertz CT molecular complexity index is 593. The minimum Gasteiger partial charge on any atom is -0.490 e. The van der Waals surface area contributed by atoms with E-state index >= 15 is 0 Å². The molecule has 2 aliphatic rings. The average molecular weight is 345 g/mol. The highest BCUT2D eigenvalue weighted by Crippen LogP contribution is 2.25. The molecule has 3 N–H and O–H groups in total. The second-order valence-electron chi connectivity index (χ2n) is 6.91. The molecule has 136 valence electrons. The third-order valence-corrected chi connectivity index (χ3v) is 4.84. The molecule has 0 spiro atoms. The maximum Gasteiger partial charge on any atom is 0.321 e. The van der Waals surface area contributed by atoms with Crippen molar-refractivity contribution in [3.05, 3.63) is 24.3 Å². The smallest absolute Gasteiger partial charge is 0.321 e. The van der Waals surface area contributed by atoms with Crippen molar-refractivity contribution in [2.24, 2.45) is 0 Å². The van der Waals surface area contributed by atoms with E-state index in [0.717, 1.165) is 50.0 Å². The van der Waals surface area contributed by atoms with Crippen LogP contribution in [-0.2, 0) is 4.79 Å². The molecule has 0 heterocycles. The standard InChI is InChI=1S/C19H27N3O3/c23-18(22-19(24)21-14-6-1-2-7-14)13-20-15-8-5-11-17(12-15)25-16-9-3-4-10-16/h5,8,11-12,14,16,20H,1-4,6-7,9-10,13H2,(H2,21,22,23,24). The first kappa shape index (κ1) is 17.6. The third-order valence-electron chi connectivity index (χ3n) is 4.84. The number of rotatable bonds is 6. The Hall–Kier alpha value is -2.24. The number of ether oxygens (including phenoxy) is 1. The molecule has 0 bridgehead atoms. The zero-order chi connectivity index (χ0) is 17.5. The lowest BCUT2D eigenvalue weighted by molar-refractivity contribution is -0.118. The van der Waals surface area contributed by atoms with Crippen LogP contribution in [0, 0.1) is 0 Å². The molecule has 3 amide bonds. The summed E-state index contributed by atoms with van der Waals surface area (Å²) in [5, 5.41) is 8.24. The molecule has 25 heavy (non-hydrogen) atoms. The van der Waals surface area contributed by atoms with E-state index < -0.39 is 6.03 Å². The van der Waals surface area contributed by atoms with Gasteiger partial charge in [0.15, 0.2) is 0 Å². The molecule has 2 fully saturated rings. The topological polar surface area (TPSA) is 79.5 Å². The van der Waals surface area contributed by atoms with E-state index in [2.05, 4.69) is 16.0 Å². The van der Waals surface area contributed by atoms with Crippen LogP contribution < -0.4 is 20.7 Å². The maximum absolute atomic E-state index is 11.9. The predicted molar refractivity (Wildman–Crippen MR) is 96.7 cm³/mol. The van der Waals surface area contributed by atoms with Gasteiger partial charge in [0.1, 0.15) is 5.75 Å². The van der Waals surface area contributed by atoms with Crippen LogP contribution in [0.1, 0.15) is 51.4 Å². The second-order valence-corrected chi connectivity index (χ2v) is 6.91. The molecule has 2 saturated carbocycles. The van der Waals surface area contributed by atoms with E-state index in [9.17, 15) is 9.59 Å². The second kappa shape index (κ2) is 8.74. The van der Waals surface area contributed by atoms with Gasteiger partial charge in [0.05, 0.1) is 12.6 Å². The number of hydrogen-bond acceptors (Lipinski definition) is 4. The summed E-state index contributed by atoms with van der Waals surface area (Å²) in [5.74, 6) is 0.467. The molecule has 3 rings (SSSR count). The fourth-order valence-electron chi connectivity index (χ4n) is 3.52. The van der Waals surface area contributed by atoms with Gasteiger partial charge in [-0.1, -0.05) is 18.9 Å². The van der Waals surface area contributed by atoms with Crippen LogP contribution in [0.2, 0.25) is 0 Å². The quantitative estimate of drug-likeness (QED) is 0.740. The van der Waals surface area contributed by atoms with Gasteiger partial charge in [0.2, 0.25) is 5.91 Å². The van der Waals surface area contributed by atoms with Crippen LogP contribution >= 0.6 is 0 Å². The largest absolute Gasteiger partial charge is 0.490 e. The van der Waals surface area contributed by atoms with Gasteiger partial charge in [-0.3, -0.25) is 10.1 Å². The molecule has 0 unspecified atom stereocenters. The SMILES string of the molecule is O=C(CNc1cccc(OC2CCCC2)c1)NC(=O)NC1CCCC1. The van der Waals surface area contributed by atoms with Crippen LogP contribution in [0.5, 0.6) is 5.75 Å². The first-order chi connectivity index (χ1) is 12.2. The number of imide groups is 1. The number of anilines is 1. The minimum atomic E-state index is -0.406. The number of benzene rings is 1. The summed E-state index contributed by atoms with van der Waals surface area (Å²) in [5.41, 5.74) is 0.807. The fourth-order valence-corrected chi connectivity index (χ4v) is 3.52. The lowest BCUT2D eigenvalue weighted by Crippen LogP contribution is -2.45. The number of carbonyl (C=O) groups excluding carboxylic acids is 2. The number of carbonyl (C=O) groups is 2. The fraction of sp³-hybridized carbons (Fsp3) is 0.579. The van der Waals surface area contributed by atoms with Gasteiger partial charge in [0.25, 0.3) is 0 Å².